The second-order valence-electron chi connectivity index (χ2n) is 3.60. The molecule has 18 heavy (non-hydrogen) atoms. The summed E-state index contributed by atoms with van der Waals surface area (Å²) in [7, 11) is 0. The molecule has 0 fully saturated rings. The summed E-state index contributed by atoms with van der Waals surface area (Å²) in [5, 5.41) is 11.0. The SMILES string of the molecule is O=C(c1cccc(I)c1)N(O)c1ccc(Cl)cc1. The van der Waals surface area contributed by atoms with Crippen LogP contribution in [0.3, 0.4) is 0 Å². The predicted octanol–water partition coefficient (Wildman–Crippen LogP) is 3.98. The van der Waals surface area contributed by atoms with Gasteiger partial charge < -0.3 is 0 Å². The van der Waals surface area contributed by atoms with Gasteiger partial charge in [-0.1, -0.05) is 17.7 Å². The van der Waals surface area contributed by atoms with E-state index in [1.165, 1.54) is 0 Å². The Hall–Kier alpha value is -1.11. The number of halogens is 2. The van der Waals surface area contributed by atoms with E-state index in [-0.39, 0.29) is 0 Å². The van der Waals surface area contributed by atoms with Gasteiger partial charge in [0.05, 0.1) is 5.69 Å². The molecule has 0 radical (unpaired) electrons. The molecule has 0 aliphatic rings. The highest BCUT2D eigenvalue weighted by atomic mass is 127. The molecule has 92 valence electrons. The van der Waals surface area contributed by atoms with Crippen LogP contribution in [0.25, 0.3) is 0 Å². The maximum atomic E-state index is 12.0. The van der Waals surface area contributed by atoms with Gasteiger partial charge in [-0.05, 0) is 65.1 Å². The minimum absolute atomic E-state index is 0.378. The Kier molecular flexibility index (Phi) is 4.21. The van der Waals surface area contributed by atoms with Crippen LogP contribution in [0.4, 0.5) is 5.69 Å². The van der Waals surface area contributed by atoms with E-state index in [9.17, 15) is 10.0 Å². The molecule has 2 aromatic rings. The zero-order valence-corrected chi connectivity index (χ0v) is 12.1. The van der Waals surface area contributed by atoms with Gasteiger partial charge in [-0.15, -0.1) is 0 Å². The average molecular weight is 374 g/mol. The van der Waals surface area contributed by atoms with Crippen molar-refractivity contribution in [1.29, 1.82) is 0 Å². The first kappa shape index (κ1) is 13.3. The molecule has 0 aromatic heterocycles. The lowest BCUT2D eigenvalue weighted by molar-refractivity contribution is 0.0854. The molecule has 0 spiro atoms. The van der Waals surface area contributed by atoms with Crippen LogP contribution in [-0.4, -0.2) is 11.1 Å². The van der Waals surface area contributed by atoms with Crippen LogP contribution in [-0.2, 0) is 0 Å². The fourth-order valence-electron chi connectivity index (χ4n) is 1.44. The van der Waals surface area contributed by atoms with Gasteiger partial charge in [0, 0.05) is 14.2 Å². The third kappa shape index (κ3) is 3.01. The highest BCUT2D eigenvalue weighted by Crippen LogP contribution is 2.19. The molecule has 1 amide bonds. The van der Waals surface area contributed by atoms with E-state index in [1.807, 2.05) is 6.07 Å². The van der Waals surface area contributed by atoms with Gasteiger partial charge in [-0.3, -0.25) is 10.0 Å². The summed E-state index contributed by atoms with van der Waals surface area (Å²) in [4.78, 5) is 12.0. The minimum atomic E-state index is -0.476. The fraction of sp³-hybridized carbons (Fsp3) is 0. The molecule has 0 aliphatic heterocycles. The molecule has 2 aromatic carbocycles. The number of rotatable bonds is 2. The molecular formula is C13H9ClINO2. The number of amides is 1. The summed E-state index contributed by atoms with van der Waals surface area (Å²) in [5.74, 6) is -0.476. The highest BCUT2D eigenvalue weighted by molar-refractivity contribution is 14.1. The molecule has 0 saturated heterocycles. The molecule has 0 heterocycles. The van der Waals surface area contributed by atoms with Gasteiger partial charge >= 0.3 is 0 Å². The van der Waals surface area contributed by atoms with Crippen molar-refractivity contribution in [2.45, 2.75) is 0 Å². The number of benzene rings is 2. The summed E-state index contributed by atoms with van der Waals surface area (Å²) in [5.41, 5.74) is 0.808. The Balaban J connectivity index is 2.26. The molecule has 0 atom stereocenters. The van der Waals surface area contributed by atoms with Gasteiger partial charge in [0.1, 0.15) is 0 Å². The molecular weight excluding hydrogens is 365 g/mol. The molecule has 3 nitrogen and oxygen atoms in total. The van der Waals surface area contributed by atoms with E-state index in [0.29, 0.717) is 21.3 Å². The van der Waals surface area contributed by atoms with E-state index >= 15 is 0 Å². The number of hydrogen-bond donors (Lipinski definition) is 1. The standard InChI is InChI=1S/C13H9ClINO2/c14-10-4-6-12(7-5-10)16(18)13(17)9-2-1-3-11(15)8-9/h1-8,18H. The van der Waals surface area contributed by atoms with E-state index in [0.717, 1.165) is 3.57 Å². The average Bonchev–Trinajstić information content (AvgIpc) is 2.38. The Labute approximate surface area is 123 Å². The summed E-state index contributed by atoms with van der Waals surface area (Å²) in [6.07, 6.45) is 0. The van der Waals surface area contributed by atoms with Crippen LogP contribution >= 0.6 is 34.2 Å². The summed E-state index contributed by atoms with van der Waals surface area (Å²) in [6.45, 7) is 0. The number of carbonyl (C=O) groups excluding carboxylic acids is 1. The van der Waals surface area contributed by atoms with Gasteiger partial charge in [0.25, 0.3) is 5.91 Å². The van der Waals surface area contributed by atoms with Crippen molar-refractivity contribution in [3.8, 4) is 0 Å². The molecule has 1 N–H and O–H groups in total. The summed E-state index contributed by atoms with van der Waals surface area (Å²) >= 11 is 7.86. The van der Waals surface area contributed by atoms with Gasteiger partial charge in [0.15, 0.2) is 0 Å². The number of nitrogens with zero attached hydrogens (tertiary/aromatic N) is 1. The number of hydrogen-bond acceptors (Lipinski definition) is 2. The normalized spacial score (nSPS) is 10.2. The molecule has 2 rings (SSSR count). The lowest BCUT2D eigenvalue weighted by Crippen LogP contribution is -2.26. The van der Waals surface area contributed by atoms with Crippen molar-refractivity contribution in [3.05, 3.63) is 62.7 Å². The Morgan fingerprint density at radius 3 is 2.44 bits per heavy atom. The molecule has 0 saturated carbocycles. The Bertz CT molecular complexity index is 571. The smallest absolute Gasteiger partial charge is 0.281 e. The first-order chi connectivity index (χ1) is 8.58. The van der Waals surface area contributed by atoms with Crippen LogP contribution in [0.5, 0.6) is 0 Å². The van der Waals surface area contributed by atoms with Crippen LogP contribution < -0.4 is 5.06 Å². The second kappa shape index (κ2) is 5.69. The molecule has 0 aliphatic carbocycles. The minimum Gasteiger partial charge on any atom is -0.281 e. The molecule has 0 bridgehead atoms. The van der Waals surface area contributed by atoms with Gasteiger partial charge in [-0.2, -0.15) is 5.06 Å². The predicted molar refractivity (Wildman–Crippen MR) is 79.2 cm³/mol. The fourth-order valence-corrected chi connectivity index (χ4v) is 2.11. The number of carbonyl (C=O) groups is 1. The van der Waals surface area contributed by atoms with Gasteiger partial charge in [0.2, 0.25) is 0 Å². The van der Waals surface area contributed by atoms with Crippen molar-refractivity contribution in [1.82, 2.24) is 0 Å². The molecule has 0 unspecified atom stereocenters. The van der Waals surface area contributed by atoms with Crippen LogP contribution in [0, 0.1) is 3.57 Å². The number of hydroxylamine groups is 1. The van der Waals surface area contributed by atoms with E-state index < -0.39 is 5.91 Å². The zero-order chi connectivity index (χ0) is 13.1. The van der Waals surface area contributed by atoms with Crippen molar-refractivity contribution < 1.29 is 10.0 Å². The first-order valence-electron chi connectivity index (χ1n) is 5.12. The maximum Gasteiger partial charge on any atom is 0.282 e. The largest absolute Gasteiger partial charge is 0.282 e. The van der Waals surface area contributed by atoms with E-state index in [2.05, 4.69) is 22.6 Å². The van der Waals surface area contributed by atoms with Crippen LogP contribution in [0.1, 0.15) is 10.4 Å². The second-order valence-corrected chi connectivity index (χ2v) is 5.29. The zero-order valence-electron chi connectivity index (χ0n) is 9.18. The Morgan fingerprint density at radius 2 is 1.83 bits per heavy atom. The third-order valence-corrected chi connectivity index (χ3v) is 3.26. The lowest BCUT2D eigenvalue weighted by Gasteiger charge is -2.15. The summed E-state index contributed by atoms with van der Waals surface area (Å²) in [6, 6.07) is 13.4. The van der Waals surface area contributed by atoms with Crippen molar-refractivity contribution in [3.63, 3.8) is 0 Å². The summed E-state index contributed by atoms with van der Waals surface area (Å²) < 4.78 is 0.933. The quantitative estimate of drug-likeness (QED) is 0.491. The van der Waals surface area contributed by atoms with Crippen molar-refractivity contribution in [2.24, 2.45) is 0 Å². The highest BCUT2D eigenvalue weighted by Gasteiger charge is 2.15. The van der Waals surface area contributed by atoms with E-state index in [4.69, 9.17) is 11.6 Å². The third-order valence-electron chi connectivity index (χ3n) is 2.34. The monoisotopic (exact) mass is 373 g/mol. The van der Waals surface area contributed by atoms with Crippen molar-refractivity contribution >= 4 is 45.8 Å². The lowest BCUT2D eigenvalue weighted by atomic mass is 10.2. The topological polar surface area (TPSA) is 40.5 Å². The van der Waals surface area contributed by atoms with Crippen LogP contribution in [0.2, 0.25) is 5.02 Å². The van der Waals surface area contributed by atoms with Gasteiger partial charge in [-0.25, -0.2) is 0 Å². The molecule has 5 heteroatoms. The first-order valence-corrected chi connectivity index (χ1v) is 6.58. The van der Waals surface area contributed by atoms with E-state index in [1.54, 1.807) is 42.5 Å². The van der Waals surface area contributed by atoms with Crippen LogP contribution in [0.15, 0.2) is 48.5 Å². The Morgan fingerprint density at radius 1 is 1.17 bits per heavy atom. The maximum absolute atomic E-state index is 12.0. The van der Waals surface area contributed by atoms with Crippen molar-refractivity contribution in [2.75, 3.05) is 5.06 Å². The number of anilines is 1.